The summed E-state index contributed by atoms with van der Waals surface area (Å²) in [6.45, 7) is 4.00. The van der Waals surface area contributed by atoms with Crippen molar-refractivity contribution in [3.05, 3.63) is 30.1 Å². The summed E-state index contributed by atoms with van der Waals surface area (Å²) in [4.78, 5) is 4.62. The Morgan fingerprint density at radius 1 is 1.29 bits per heavy atom. The molecule has 0 fully saturated rings. The van der Waals surface area contributed by atoms with Gasteiger partial charge in [-0.3, -0.25) is 0 Å². The molecule has 0 bridgehead atoms. The lowest BCUT2D eigenvalue weighted by Gasteiger charge is -2.09. The molecule has 0 aliphatic heterocycles. The molecule has 0 radical (unpaired) electrons. The second-order valence-electron chi connectivity index (χ2n) is 4.87. The molecule has 0 saturated carbocycles. The van der Waals surface area contributed by atoms with Crippen LogP contribution in [0.25, 0.3) is 11.0 Å². The number of imidazole rings is 1. The maximum Gasteiger partial charge on any atom is 0.212 e. The minimum atomic E-state index is -3.16. The van der Waals surface area contributed by atoms with Crippen molar-refractivity contribution < 1.29 is 8.42 Å². The lowest BCUT2D eigenvalue weighted by Crippen LogP contribution is -2.30. The number of nitrogens with one attached hydrogen (secondary N) is 2. The van der Waals surface area contributed by atoms with E-state index in [9.17, 15) is 8.42 Å². The van der Waals surface area contributed by atoms with E-state index in [-0.39, 0.29) is 5.75 Å². The Balaban J connectivity index is 2.06. The Bertz CT molecular complexity index is 694. The Kier molecular flexibility index (Phi) is 5.33. The third-order valence-electron chi connectivity index (χ3n) is 3.32. The topological polar surface area (TPSA) is 76.0 Å². The second kappa shape index (κ2) is 7.02. The Hall–Kier alpha value is -1.44. The zero-order valence-electron chi connectivity index (χ0n) is 12.5. The number of nitrogens with zero attached hydrogens (tertiary/aromatic N) is 2. The molecule has 0 amide bonds. The average molecular weight is 310 g/mol. The summed E-state index contributed by atoms with van der Waals surface area (Å²) in [7, 11) is -1.73. The van der Waals surface area contributed by atoms with Crippen molar-refractivity contribution in [1.82, 2.24) is 19.6 Å². The molecular formula is C14H22N4O2S. The largest absolute Gasteiger partial charge is 0.327 e. The number of sulfonamides is 1. The van der Waals surface area contributed by atoms with Gasteiger partial charge in [0.1, 0.15) is 5.82 Å². The Morgan fingerprint density at radius 2 is 2.05 bits per heavy atom. The highest BCUT2D eigenvalue weighted by Crippen LogP contribution is 2.16. The van der Waals surface area contributed by atoms with Crippen LogP contribution in [0.4, 0.5) is 0 Å². The normalized spacial score (nSPS) is 12.1. The molecule has 0 aliphatic rings. The average Bonchev–Trinajstić information content (AvgIpc) is 2.82. The van der Waals surface area contributed by atoms with Gasteiger partial charge in [-0.1, -0.05) is 19.1 Å². The second-order valence-corrected chi connectivity index (χ2v) is 6.91. The minimum absolute atomic E-state index is 0.0670. The smallest absolute Gasteiger partial charge is 0.212 e. The van der Waals surface area contributed by atoms with E-state index in [2.05, 4.69) is 32.6 Å². The fourth-order valence-electron chi connectivity index (χ4n) is 2.24. The molecule has 2 aromatic rings. The summed E-state index contributed by atoms with van der Waals surface area (Å²) >= 11 is 0. The van der Waals surface area contributed by atoms with Gasteiger partial charge in [0.25, 0.3) is 0 Å². The Labute approximate surface area is 125 Å². The van der Waals surface area contributed by atoms with Crippen LogP contribution >= 0.6 is 0 Å². The SMILES string of the molecule is CCCn1c(CNCCS(=O)(=O)NC)nc2ccccc21. The molecular weight excluding hydrogens is 288 g/mol. The van der Waals surface area contributed by atoms with Gasteiger partial charge in [-0.2, -0.15) is 0 Å². The van der Waals surface area contributed by atoms with Crippen molar-refractivity contribution in [3.8, 4) is 0 Å². The van der Waals surface area contributed by atoms with Gasteiger partial charge >= 0.3 is 0 Å². The van der Waals surface area contributed by atoms with Crippen LogP contribution in [0.3, 0.4) is 0 Å². The van der Waals surface area contributed by atoms with Crippen molar-refractivity contribution in [2.75, 3.05) is 19.3 Å². The first-order valence-electron chi connectivity index (χ1n) is 7.13. The van der Waals surface area contributed by atoms with E-state index in [0.29, 0.717) is 13.1 Å². The minimum Gasteiger partial charge on any atom is -0.327 e. The summed E-state index contributed by atoms with van der Waals surface area (Å²) < 4.78 is 27.2. The van der Waals surface area contributed by atoms with Crippen LogP contribution in [0, 0.1) is 0 Å². The molecule has 116 valence electrons. The first kappa shape index (κ1) is 15.9. The number of fused-ring (bicyclic) bond motifs is 1. The summed E-state index contributed by atoms with van der Waals surface area (Å²) in [5.74, 6) is 1.01. The first-order valence-corrected chi connectivity index (χ1v) is 8.78. The third kappa shape index (κ3) is 4.03. The predicted octanol–water partition coefficient (Wildman–Crippen LogP) is 1.09. The van der Waals surface area contributed by atoms with Crippen molar-refractivity contribution >= 4 is 21.1 Å². The van der Waals surface area contributed by atoms with E-state index in [1.54, 1.807) is 0 Å². The van der Waals surface area contributed by atoms with E-state index in [0.717, 1.165) is 29.8 Å². The molecule has 2 rings (SSSR count). The van der Waals surface area contributed by atoms with Crippen molar-refractivity contribution in [2.24, 2.45) is 0 Å². The molecule has 2 N–H and O–H groups in total. The lowest BCUT2D eigenvalue weighted by molar-refractivity contribution is 0.577. The predicted molar refractivity (Wildman–Crippen MR) is 84.6 cm³/mol. The van der Waals surface area contributed by atoms with Crippen molar-refractivity contribution in [2.45, 2.75) is 26.4 Å². The number of aromatic nitrogens is 2. The number of benzene rings is 1. The van der Waals surface area contributed by atoms with Crippen LogP contribution in [-0.2, 0) is 23.1 Å². The zero-order valence-corrected chi connectivity index (χ0v) is 13.3. The number of hydrogen-bond acceptors (Lipinski definition) is 4. The third-order valence-corrected chi connectivity index (χ3v) is 4.69. The number of para-hydroxylation sites is 2. The van der Waals surface area contributed by atoms with Crippen LogP contribution < -0.4 is 10.0 Å². The van der Waals surface area contributed by atoms with E-state index in [1.807, 2.05) is 18.2 Å². The maximum atomic E-state index is 11.3. The summed E-state index contributed by atoms with van der Waals surface area (Å²) in [5.41, 5.74) is 2.10. The fourth-order valence-corrected chi connectivity index (χ4v) is 2.86. The molecule has 0 unspecified atom stereocenters. The van der Waals surface area contributed by atoms with Crippen molar-refractivity contribution in [3.63, 3.8) is 0 Å². The van der Waals surface area contributed by atoms with Gasteiger partial charge < -0.3 is 9.88 Å². The van der Waals surface area contributed by atoms with Crippen LogP contribution in [-0.4, -0.2) is 37.3 Å². The van der Waals surface area contributed by atoms with E-state index >= 15 is 0 Å². The standard InChI is InChI=1S/C14H22N4O2S/c1-3-9-18-13-7-5-4-6-12(13)17-14(18)11-16-8-10-21(19,20)15-2/h4-7,15-16H,3,8-11H2,1-2H3. The van der Waals surface area contributed by atoms with E-state index in [1.165, 1.54) is 7.05 Å². The summed E-state index contributed by atoms with van der Waals surface area (Å²) in [6.07, 6.45) is 1.03. The number of aryl methyl sites for hydroxylation is 1. The molecule has 0 aliphatic carbocycles. The number of rotatable bonds is 8. The van der Waals surface area contributed by atoms with Crippen LogP contribution in [0.2, 0.25) is 0 Å². The molecule has 1 heterocycles. The zero-order chi connectivity index (χ0) is 15.3. The van der Waals surface area contributed by atoms with Gasteiger partial charge in [0, 0.05) is 13.1 Å². The molecule has 0 spiro atoms. The van der Waals surface area contributed by atoms with Gasteiger partial charge in [0.05, 0.1) is 23.3 Å². The number of hydrogen-bond donors (Lipinski definition) is 2. The lowest BCUT2D eigenvalue weighted by atomic mass is 10.3. The van der Waals surface area contributed by atoms with Crippen LogP contribution in [0.15, 0.2) is 24.3 Å². The monoisotopic (exact) mass is 310 g/mol. The summed E-state index contributed by atoms with van der Waals surface area (Å²) in [5, 5.41) is 3.15. The van der Waals surface area contributed by atoms with Gasteiger partial charge in [-0.15, -0.1) is 0 Å². The molecule has 0 saturated heterocycles. The fraction of sp³-hybridized carbons (Fsp3) is 0.500. The summed E-state index contributed by atoms with van der Waals surface area (Å²) in [6, 6.07) is 8.04. The van der Waals surface area contributed by atoms with Crippen molar-refractivity contribution in [1.29, 1.82) is 0 Å². The molecule has 7 heteroatoms. The molecule has 6 nitrogen and oxygen atoms in total. The quantitative estimate of drug-likeness (QED) is 0.716. The molecule has 1 aromatic heterocycles. The Morgan fingerprint density at radius 3 is 2.76 bits per heavy atom. The van der Waals surface area contributed by atoms with Crippen LogP contribution in [0.1, 0.15) is 19.2 Å². The highest BCUT2D eigenvalue weighted by Gasteiger charge is 2.10. The van der Waals surface area contributed by atoms with Crippen LogP contribution in [0.5, 0.6) is 0 Å². The maximum absolute atomic E-state index is 11.3. The van der Waals surface area contributed by atoms with Gasteiger partial charge in [-0.05, 0) is 25.6 Å². The molecule has 21 heavy (non-hydrogen) atoms. The van der Waals surface area contributed by atoms with E-state index in [4.69, 9.17) is 0 Å². The van der Waals surface area contributed by atoms with Gasteiger partial charge in [0.15, 0.2) is 0 Å². The highest BCUT2D eigenvalue weighted by molar-refractivity contribution is 7.89. The first-order chi connectivity index (χ1) is 10.1. The molecule has 0 atom stereocenters. The van der Waals surface area contributed by atoms with Gasteiger partial charge in [0.2, 0.25) is 10.0 Å². The van der Waals surface area contributed by atoms with Gasteiger partial charge in [-0.25, -0.2) is 18.1 Å². The highest BCUT2D eigenvalue weighted by atomic mass is 32.2. The van der Waals surface area contributed by atoms with E-state index < -0.39 is 10.0 Å². The molecule has 1 aromatic carbocycles.